The Morgan fingerprint density at radius 3 is 2.53 bits per heavy atom. The van der Waals surface area contributed by atoms with Gasteiger partial charge in [0.1, 0.15) is 0 Å². The Kier molecular flexibility index (Phi) is 4.20. The second-order valence-corrected chi connectivity index (χ2v) is 5.07. The lowest BCUT2D eigenvalue weighted by atomic mass is 10.0. The Labute approximate surface area is 113 Å². The molecule has 0 bridgehead atoms. The summed E-state index contributed by atoms with van der Waals surface area (Å²) in [4.78, 5) is 23.5. The maximum atomic E-state index is 12.0. The second kappa shape index (κ2) is 5.87. The van der Waals surface area contributed by atoms with Crippen molar-refractivity contribution in [3.63, 3.8) is 0 Å². The molecule has 0 spiro atoms. The smallest absolute Gasteiger partial charge is 0.307 e. The lowest BCUT2D eigenvalue weighted by Crippen LogP contribution is -2.31. The third-order valence-electron chi connectivity index (χ3n) is 3.56. The van der Waals surface area contributed by atoms with Crippen molar-refractivity contribution in [3.8, 4) is 0 Å². The fourth-order valence-corrected chi connectivity index (χ4v) is 2.15. The molecule has 2 rings (SSSR count). The molecule has 1 N–H and O–H groups in total. The molecule has 1 fully saturated rings. The van der Waals surface area contributed by atoms with Gasteiger partial charge in [0, 0.05) is 5.92 Å². The van der Waals surface area contributed by atoms with Crippen LogP contribution in [0.2, 0.25) is 0 Å². The number of methoxy groups -OCH3 is 1. The summed E-state index contributed by atoms with van der Waals surface area (Å²) in [6.07, 6.45) is 1.10. The summed E-state index contributed by atoms with van der Waals surface area (Å²) in [5, 5.41) is 2.95. The third kappa shape index (κ3) is 3.56. The standard InChI is InChI=1S/C15H19NO3/c1-10-8-12(10)15(18)16-13(9-14(17)19-2)11-6-4-3-5-7-11/h3-7,10,12-13H,8-9H2,1-2H3,(H,16,18). The van der Waals surface area contributed by atoms with E-state index in [0.717, 1.165) is 12.0 Å². The number of nitrogens with one attached hydrogen (secondary N) is 1. The highest BCUT2D eigenvalue weighted by Gasteiger charge is 2.40. The first kappa shape index (κ1) is 13.6. The zero-order chi connectivity index (χ0) is 13.8. The van der Waals surface area contributed by atoms with Gasteiger partial charge in [0.25, 0.3) is 0 Å². The van der Waals surface area contributed by atoms with E-state index >= 15 is 0 Å². The minimum atomic E-state index is -0.321. The molecule has 102 valence electrons. The van der Waals surface area contributed by atoms with Crippen LogP contribution in [0.1, 0.15) is 31.4 Å². The van der Waals surface area contributed by atoms with Gasteiger partial charge in [-0.3, -0.25) is 9.59 Å². The topological polar surface area (TPSA) is 55.4 Å². The van der Waals surface area contributed by atoms with Gasteiger partial charge in [-0.15, -0.1) is 0 Å². The van der Waals surface area contributed by atoms with Gasteiger partial charge in [-0.05, 0) is 17.9 Å². The summed E-state index contributed by atoms with van der Waals surface area (Å²) in [6, 6.07) is 9.20. The molecule has 0 radical (unpaired) electrons. The first-order valence-corrected chi connectivity index (χ1v) is 6.54. The molecule has 1 saturated carbocycles. The minimum absolute atomic E-state index is 0.0326. The summed E-state index contributed by atoms with van der Waals surface area (Å²) in [6.45, 7) is 2.06. The molecule has 4 nitrogen and oxygen atoms in total. The van der Waals surface area contributed by atoms with Gasteiger partial charge in [-0.1, -0.05) is 37.3 Å². The number of ether oxygens (including phenoxy) is 1. The van der Waals surface area contributed by atoms with Crippen molar-refractivity contribution < 1.29 is 14.3 Å². The predicted molar refractivity (Wildman–Crippen MR) is 71.2 cm³/mol. The van der Waals surface area contributed by atoms with Crippen LogP contribution < -0.4 is 5.32 Å². The molecule has 0 saturated heterocycles. The molecule has 0 aromatic heterocycles. The van der Waals surface area contributed by atoms with E-state index in [0.29, 0.717) is 5.92 Å². The molecule has 19 heavy (non-hydrogen) atoms. The number of carbonyl (C=O) groups excluding carboxylic acids is 2. The van der Waals surface area contributed by atoms with Gasteiger partial charge in [-0.25, -0.2) is 0 Å². The van der Waals surface area contributed by atoms with Crippen LogP contribution in [0.25, 0.3) is 0 Å². The highest BCUT2D eigenvalue weighted by Crippen LogP contribution is 2.38. The van der Waals surface area contributed by atoms with E-state index in [2.05, 4.69) is 12.2 Å². The maximum Gasteiger partial charge on any atom is 0.307 e. The first-order valence-electron chi connectivity index (χ1n) is 6.54. The minimum Gasteiger partial charge on any atom is -0.469 e. The molecule has 1 aliphatic carbocycles. The third-order valence-corrected chi connectivity index (χ3v) is 3.56. The Morgan fingerprint density at radius 1 is 1.37 bits per heavy atom. The zero-order valence-corrected chi connectivity index (χ0v) is 11.3. The van der Waals surface area contributed by atoms with Gasteiger partial charge < -0.3 is 10.1 Å². The van der Waals surface area contributed by atoms with E-state index in [1.165, 1.54) is 7.11 Å². The molecule has 3 unspecified atom stereocenters. The number of amides is 1. The number of hydrogen-bond acceptors (Lipinski definition) is 3. The second-order valence-electron chi connectivity index (χ2n) is 5.07. The summed E-state index contributed by atoms with van der Waals surface area (Å²) in [5.74, 6) is 0.265. The van der Waals surface area contributed by atoms with E-state index in [1.807, 2.05) is 30.3 Å². The van der Waals surface area contributed by atoms with E-state index in [-0.39, 0.29) is 30.3 Å². The van der Waals surface area contributed by atoms with E-state index < -0.39 is 0 Å². The first-order chi connectivity index (χ1) is 9.11. The Balaban J connectivity index is 2.06. The molecular formula is C15H19NO3. The largest absolute Gasteiger partial charge is 0.469 e. The average molecular weight is 261 g/mol. The summed E-state index contributed by atoms with van der Waals surface area (Å²) in [5.41, 5.74) is 0.926. The van der Waals surface area contributed by atoms with Crippen molar-refractivity contribution in [2.24, 2.45) is 11.8 Å². The number of benzene rings is 1. The molecule has 3 atom stereocenters. The lowest BCUT2D eigenvalue weighted by Gasteiger charge is -2.18. The Bertz CT molecular complexity index is 458. The van der Waals surface area contributed by atoms with Crippen molar-refractivity contribution in [2.75, 3.05) is 7.11 Å². The molecule has 1 amide bonds. The summed E-state index contributed by atoms with van der Waals surface area (Å²) >= 11 is 0. The van der Waals surface area contributed by atoms with E-state index in [4.69, 9.17) is 4.74 Å². The molecule has 0 heterocycles. The predicted octanol–water partition coefficient (Wildman–Crippen LogP) is 2.06. The quantitative estimate of drug-likeness (QED) is 0.825. The lowest BCUT2D eigenvalue weighted by molar-refractivity contribution is -0.141. The molecule has 1 aliphatic rings. The van der Waals surface area contributed by atoms with Crippen LogP contribution in [0.5, 0.6) is 0 Å². The normalized spacial score (nSPS) is 22.4. The van der Waals surface area contributed by atoms with Crippen LogP contribution in [0.3, 0.4) is 0 Å². The highest BCUT2D eigenvalue weighted by atomic mass is 16.5. The van der Waals surface area contributed by atoms with Crippen LogP contribution in [-0.4, -0.2) is 19.0 Å². The number of esters is 1. The molecule has 1 aromatic carbocycles. The monoisotopic (exact) mass is 261 g/mol. The van der Waals surface area contributed by atoms with Crippen LogP contribution >= 0.6 is 0 Å². The van der Waals surface area contributed by atoms with Crippen molar-refractivity contribution in [3.05, 3.63) is 35.9 Å². The SMILES string of the molecule is COC(=O)CC(NC(=O)C1CC1C)c1ccccc1. The van der Waals surface area contributed by atoms with Crippen LogP contribution in [0.4, 0.5) is 0 Å². The van der Waals surface area contributed by atoms with Crippen molar-refractivity contribution in [1.29, 1.82) is 0 Å². The number of carbonyl (C=O) groups is 2. The molecule has 1 aromatic rings. The van der Waals surface area contributed by atoms with Gasteiger partial charge in [0.2, 0.25) is 5.91 Å². The average Bonchev–Trinajstić information content (AvgIpc) is 3.16. The zero-order valence-electron chi connectivity index (χ0n) is 11.3. The fraction of sp³-hybridized carbons (Fsp3) is 0.467. The summed E-state index contributed by atoms with van der Waals surface area (Å²) < 4.78 is 4.69. The molecular weight excluding hydrogens is 242 g/mol. The van der Waals surface area contributed by atoms with E-state index in [9.17, 15) is 9.59 Å². The maximum absolute atomic E-state index is 12.0. The van der Waals surface area contributed by atoms with Crippen LogP contribution in [-0.2, 0) is 14.3 Å². The van der Waals surface area contributed by atoms with Gasteiger partial charge in [-0.2, -0.15) is 0 Å². The molecule has 4 heteroatoms. The van der Waals surface area contributed by atoms with Crippen LogP contribution in [0, 0.1) is 11.8 Å². The highest BCUT2D eigenvalue weighted by molar-refractivity contribution is 5.82. The van der Waals surface area contributed by atoms with Gasteiger partial charge in [0.05, 0.1) is 19.6 Å². The van der Waals surface area contributed by atoms with E-state index in [1.54, 1.807) is 0 Å². The van der Waals surface area contributed by atoms with Crippen molar-refractivity contribution in [1.82, 2.24) is 5.32 Å². The fourth-order valence-electron chi connectivity index (χ4n) is 2.15. The van der Waals surface area contributed by atoms with Crippen molar-refractivity contribution >= 4 is 11.9 Å². The number of rotatable bonds is 5. The van der Waals surface area contributed by atoms with Gasteiger partial charge in [0.15, 0.2) is 0 Å². The van der Waals surface area contributed by atoms with Gasteiger partial charge >= 0.3 is 5.97 Å². The Morgan fingerprint density at radius 2 is 2.00 bits per heavy atom. The van der Waals surface area contributed by atoms with Crippen LogP contribution in [0.15, 0.2) is 30.3 Å². The van der Waals surface area contributed by atoms with Crippen molar-refractivity contribution in [2.45, 2.75) is 25.8 Å². The summed E-state index contributed by atoms with van der Waals surface area (Å²) in [7, 11) is 1.36. The number of hydrogen-bond donors (Lipinski definition) is 1. The Hall–Kier alpha value is -1.84. The molecule has 0 aliphatic heterocycles.